The van der Waals surface area contributed by atoms with Crippen molar-refractivity contribution in [3.05, 3.63) is 120 Å². The van der Waals surface area contributed by atoms with Crippen LogP contribution in [0.2, 0.25) is 5.02 Å². The van der Waals surface area contributed by atoms with Gasteiger partial charge in [-0.3, -0.25) is 4.79 Å². The van der Waals surface area contributed by atoms with Crippen molar-refractivity contribution >= 4 is 35.3 Å². The van der Waals surface area contributed by atoms with E-state index in [1.807, 2.05) is 60.7 Å². The van der Waals surface area contributed by atoms with Crippen molar-refractivity contribution in [3.63, 3.8) is 0 Å². The number of furan rings is 1. The normalized spacial score (nSPS) is 12.3. The molecule has 4 nitrogen and oxygen atoms in total. The number of nitrogens with zero attached hydrogens (tertiary/aromatic N) is 1. The SMILES string of the molecule is CN(C(=O)c1ccccc1Cl)[C@@H](c1ccco1)P(=O)(c1ccccc1)c1ccccc1. The molecule has 3 aromatic carbocycles. The summed E-state index contributed by atoms with van der Waals surface area (Å²) in [7, 11) is -1.76. The van der Waals surface area contributed by atoms with Crippen LogP contribution < -0.4 is 10.6 Å². The lowest BCUT2D eigenvalue weighted by Gasteiger charge is -2.34. The molecule has 0 spiro atoms. The molecule has 6 heteroatoms. The first-order valence-corrected chi connectivity index (χ1v) is 11.9. The van der Waals surface area contributed by atoms with Gasteiger partial charge >= 0.3 is 0 Å². The van der Waals surface area contributed by atoms with Crippen molar-refractivity contribution < 1.29 is 13.8 Å². The smallest absolute Gasteiger partial charge is 0.256 e. The van der Waals surface area contributed by atoms with E-state index in [2.05, 4.69) is 0 Å². The largest absolute Gasteiger partial charge is 0.467 e. The van der Waals surface area contributed by atoms with Crippen LogP contribution in [0.15, 0.2) is 108 Å². The molecule has 1 amide bonds. The molecule has 31 heavy (non-hydrogen) atoms. The molecule has 0 N–H and O–H groups in total. The molecule has 0 unspecified atom stereocenters. The van der Waals surface area contributed by atoms with Gasteiger partial charge in [-0.1, -0.05) is 84.4 Å². The summed E-state index contributed by atoms with van der Waals surface area (Å²) >= 11 is 6.30. The van der Waals surface area contributed by atoms with E-state index in [0.717, 1.165) is 0 Å². The Hall–Kier alpha value is -3.07. The first-order valence-electron chi connectivity index (χ1n) is 9.79. The summed E-state index contributed by atoms with van der Waals surface area (Å²) in [4.78, 5) is 15.0. The zero-order chi connectivity index (χ0) is 21.8. The van der Waals surface area contributed by atoms with E-state index in [4.69, 9.17) is 16.0 Å². The van der Waals surface area contributed by atoms with Crippen molar-refractivity contribution in [2.24, 2.45) is 0 Å². The first kappa shape index (κ1) is 21.2. The predicted molar refractivity (Wildman–Crippen MR) is 125 cm³/mol. The number of benzene rings is 3. The number of amides is 1. The van der Waals surface area contributed by atoms with Crippen LogP contribution in [-0.2, 0) is 4.57 Å². The second-order valence-electron chi connectivity index (χ2n) is 7.11. The van der Waals surface area contributed by atoms with Crippen molar-refractivity contribution in [2.45, 2.75) is 5.78 Å². The van der Waals surface area contributed by atoms with E-state index >= 15 is 0 Å². The van der Waals surface area contributed by atoms with Gasteiger partial charge in [0, 0.05) is 17.7 Å². The molecule has 0 aliphatic rings. The lowest BCUT2D eigenvalue weighted by atomic mass is 10.2. The molecular weight excluding hydrogens is 429 g/mol. The summed E-state index contributed by atoms with van der Waals surface area (Å²) in [6.07, 6.45) is 1.52. The average molecular weight is 450 g/mol. The van der Waals surface area contributed by atoms with Gasteiger partial charge in [0.25, 0.3) is 5.91 Å². The Labute approximate surface area is 186 Å². The number of rotatable bonds is 6. The highest BCUT2D eigenvalue weighted by molar-refractivity contribution is 7.79. The lowest BCUT2D eigenvalue weighted by molar-refractivity contribution is 0.0764. The zero-order valence-electron chi connectivity index (χ0n) is 16.9. The van der Waals surface area contributed by atoms with Crippen LogP contribution in [0.3, 0.4) is 0 Å². The predicted octanol–water partition coefficient (Wildman–Crippen LogP) is 5.72. The fraction of sp³-hybridized carbons (Fsp3) is 0.0800. The molecule has 0 fully saturated rings. The third-order valence-electron chi connectivity index (χ3n) is 5.21. The Kier molecular flexibility index (Phi) is 6.13. The molecule has 0 bridgehead atoms. The van der Waals surface area contributed by atoms with Gasteiger partial charge in [-0.15, -0.1) is 0 Å². The van der Waals surface area contributed by atoms with Gasteiger partial charge in [0.05, 0.1) is 16.8 Å². The van der Waals surface area contributed by atoms with Gasteiger partial charge in [0.1, 0.15) is 5.76 Å². The van der Waals surface area contributed by atoms with E-state index < -0.39 is 12.9 Å². The number of hydrogen-bond acceptors (Lipinski definition) is 3. The standard InChI is InChI=1S/C25H21ClNO3P/c1-27(24(28)21-15-8-9-16-22(21)26)25(23-17-10-18-30-23)31(29,19-11-4-2-5-12-19)20-13-6-3-7-14-20/h2-18,25H,1H3/t25-/m1/s1. The zero-order valence-corrected chi connectivity index (χ0v) is 18.5. The highest BCUT2D eigenvalue weighted by Crippen LogP contribution is 2.58. The van der Waals surface area contributed by atoms with Crippen LogP contribution in [0.5, 0.6) is 0 Å². The minimum atomic E-state index is -3.40. The Morgan fingerprint density at radius 3 is 1.90 bits per heavy atom. The van der Waals surface area contributed by atoms with Crippen LogP contribution in [-0.4, -0.2) is 17.9 Å². The van der Waals surface area contributed by atoms with E-state index in [1.165, 1.54) is 11.2 Å². The quantitative estimate of drug-likeness (QED) is 0.354. The minimum Gasteiger partial charge on any atom is -0.467 e. The van der Waals surface area contributed by atoms with Gasteiger partial charge in [0.15, 0.2) is 12.9 Å². The molecule has 4 rings (SSSR count). The average Bonchev–Trinajstić information content (AvgIpc) is 3.34. The Balaban J connectivity index is 1.93. The third-order valence-corrected chi connectivity index (χ3v) is 8.96. The van der Waals surface area contributed by atoms with Crippen LogP contribution in [0.25, 0.3) is 0 Å². The van der Waals surface area contributed by atoms with Crippen molar-refractivity contribution in [2.75, 3.05) is 7.05 Å². The van der Waals surface area contributed by atoms with Crippen LogP contribution >= 0.6 is 18.7 Å². The maximum Gasteiger partial charge on any atom is 0.256 e. The number of halogens is 1. The highest BCUT2D eigenvalue weighted by atomic mass is 35.5. The molecule has 1 atom stereocenters. The van der Waals surface area contributed by atoms with E-state index in [0.29, 0.717) is 27.0 Å². The molecule has 0 aliphatic carbocycles. The second-order valence-corrected chi connectivity index (χ2v) is 10.4. The Bertz CT molecular complexity index is 1170. The fourth-order valence-electron chi connectivity index (χ4n) is 3.72. The number of carbonyl (C=O) groups excluding carboxylic acids is 1. The van der Waals surface area contributed by atoms with Gasteiger partial charge in [0.2, 0.25) is 0 Å². The van der Waals surface area contributed by atoms with E-state index in [1.54, 1.807) is 43.4 Å². The van der Waals surface area contributed by atoms with Crippen LogP contribution in [0.1, 0.15) is 21.9 Å². The monoisotopic (exact) mass is 449 g/mol. The highest BCUT2D eigenvalue weighted by Gasteiger charge is 2.44. The molecule has 1 aromatic heterocycles. The van der Waals surface area contributed by atoms with E-state index in [9.17, 15) is 9.36 Å². The lowest BCUT2D eigenvalue weighted by Crippen LogP contribution is -2.36. The van der Waals surface area contributed by atoms with Crippen molar-refractivity contribution in [1.29, 1.82) is 0 Å². The van der Waals surface area contributed by atoms with E-state index in [-0.39, 0.29) is 5.91 Å². The van der Waals surface area contributed by atoms with Crippen molar-refractivity contribution in [3.8, 4) is 0 Å². The summed E-state index contributed by atoms with van der Waals surface area (Å²) in [5.74, 6) is -0.742. The topological polar surface area (TPSA) is 50.5 Å². The van der Waals surface area contributed by atoms with Gasteiger partial charge < -0.3 is 13.9 Å². The molecular formula is C25H21ClNO3P. The number of hydrogen-bond donors (Lipinski definition) is 0. The van der Waals surface area contributed by atoms with Crippen LogP contribution in [0, 0.1) is 0 Å². The molecule has 1 heterocycles. The second kappa shape index (κ2) is 8.97. The van der Waals surface area contributed by atoms with Crippen molar-refractivity contribution in [1.82, 2.24) is 4.90 Å². The van der Waals surface area contributed by atoms with Gasteiger partial charge in [-0.05, 0) is 24.3 Å². The molecule has 4 aromatic rings. The molecule has 0 aliphatic heterocycles. The maximum atomic E-state index is 15.0. The summed E-state index contributed by atoms with van der Waals surface area (Å²) in [5.41, 5.74) is 0.343. The van der Waals surface area contributed by atoms with Gasteiger partial charge in [-0.2, -0.15) is 0 Å². The molecule has 0 saturated heterocycles. The number of carbonyl (C=O) groups is 1. The third kappa shape index (κ3) is 3.97. The summed E-state index contributed by atoms with van der Waals surface area (Å²) in [6, 6.07) is 28.8. The first-order chi connectivity index (χ1) is 15.0. The maximum absolute atomic E-state index is 15.0. The van der Waals surface area contributed by atoms with Gasteiger partial charge in [-0.25, -0.2) is 0 Å². The molecule has 156 valence electrons. The fourth-order valence-corrected chi connectivity index (χ4v) is 7.13. The summed E-state index contributed by atoms with van der Waals surface area (Å²) in [5, 5.41) is 1.62. The molecule has 0 saturated carbocycles. The summed E-state index contributed by atoms with van der Waals surface area (Å²) < 4.78 is 20.7. The Morgan fingerprint density at radius 1 is 0.839 bits per heavy atom. The molecule has 0 radical (unpaired) electrons. The Morgan fingerprint density at radius 2 is 1.39 bits per heavy atom. The summed E-state index contributed by atoms with van der Waals surface area (Å²) in [6.45, 7) is 0. The minimum absolute atomic E-state index is 0.334. The van der Waals surface area contributed by atoms with Crippen LogP contribution in [0.4, 0.5) is 0 Å².